The molecule has 0 aromatic carbocycles. The van der Waals surface area contributed by atoms with Gasteiger partial charge < -0.3 is 5.11 Å². The first-order valence-corrected chi connectivity index (χ1v) is 8.25. The van der Waals surface area contributed by atoms with Crippen LogP contribution < -0.4 is 0 Å². The maximum atomic E-state index is 10.6. The molecule has 1 atom stereocenters. The van der Waals surface area contributed by atoms with Crippen LogP contribution in [-0.4, -0.2) is 22.4 Å². The number of carboxylic acid groups (broad SMARTS) is 1. The summed E-state index contributed by atoms with van der Waals surface area (Å²) < 4.78 is 0. The maximum absolute atomic E-state index is 10.6. The molecule has 0 saturated heterocycles. The summed E-state index contributed by atoms with van der Waals surface area (Å²) in [6.45, 7) is 2.24. The molecule has 0 bridgehead atoms. The fourth-order valence-electron chi connectivity index (χ4n) is 2.39. The van der Waals surface area contributed by atoms with Gasteiger partial charge in [0, 0.05) is 0 Å². The molecule has 0 aliphatic heterocycles. The second-order valence-corrected chi connectivity index (χ2v) is 5.61. The first-order chi connectivity index (χ1) is 9.72. The van der Waals surface area contributed by atoms with E-state index in [1.807, 2.05) is 0 Å². The molecule has 0 aromatic rings. The van der Waals surface area contributed by atoms with E-state index in [1.165, 1.54) is 57.8 Å². The van der Waals surface area contributed by atoms with Crippen molar-refractivity contribution in [1.82, 2.24) is 0 Å². The van der Waals surface area contributed by atoms with E-state index in [4.69, 9.17) is 10.4 Å². The molecule has 4 nitrogen and oxygen atoms in total. The number of carbonyl (C=O) groups is 1. The minimum absolute atomic E-state index is 0.392. The highest BCUT2D eigenvalue weighted by Gasteiger charge is 2.16. The van der Waals surface area contributed by atoms with Crippen molar-refractivity contribution in [3.8, 4) is 0 Å². The van der Waals surface area contributed by atoms with Crippen LogP contribution in [0, 0.1) is 0 Å². The molecule has 120 valence electrons. The third-order valence-corrected chi connectivity index (χ3v) is 3.72. The fourth-order valence-corrected chi connectivity index (χ4v) is 2.39. The summed E-state index contributed by atoms with van der Waals surface area (Å²) in [5.74, 6) is -1.09. The van der Waals surface area contributed by atoms with Gasteiger partial charge in [-0.1, -0.05) is 84.0 Å². The normalized spacial score (nSPS) is 12.5. The highest BCUT2D eigenvalue weighted by Crippen LogP contribution is 2.13. The highest BCUT2D eigenvalue weighted by molar-refractivity contribution is 5.72. The Hall–Kier alpha value is -0.610. The van der Waals surface area contributed by atoms with Crippen molar-refractivity contribution in [3.05, 3.63) is 0 Å². The molecule has 0 amide bonds. The van der Waals surface area contributed by atoms with E-state index in [9.17, 15) is 4.79 Å². The summed E-state index contributed by atoms with van der Waals surface area (Å²) in [7, 11) is 0. The average Bonchev–Trinajstić information content (AvgIpc) is 2.43. The van der Waals surface area contributed by atoms with Crippen molar-refractivity contribution in [2.24, 2.45) is 0 Å². The Kier molecular flexibility index (Phi) is 14.3. The minimum atomic E-state index is -1.09. The second kappa shape index (κ2) is 14.8. The third kappa shape index (κ3) is 12.4. The molecule has 2 N–H and O–H groups in total. The van der Waals surface area contributed by atoms with E-state index >= 15 is 0 Å². The van der Waals surface area contributed by atoms with Crippen molar-refractivity contribution in [3.63, 3.8) is 0 Å². The molecule has 0 radical (unpaired) electrons. The van der Waals surface area contributed by atoms with Gasteiger partial charge >= 0.3 is 5.97 Å². The molecule has 0 rings (SSSR count). The summed E-state index contributed by atoms with van der Waals surface area (Å²) in [5, 5.41) is 17.1. The lowest BCUT2D eigenvalue weighted by Gasteiger charge is -2.07. The molecular formula is C16H32O4. The first kappa shape index (κ1) is 19.4. The molecule has 0 aromatic heterocycles. The third-order valence-electron chi connectivity index (χ3n) is 3.72. The van der Waals surface area contributed by atoms with Gasteiger partial charge in [-0.25, -0.2) is 9.68 Å². The largest absolute Gasteiger partial charge is 0.479 e. The van der Waals surface area contributed by atoms with E-state index in [0.717, 1.165) is 19.3 Å². The van der Waals surface area contributed by atoms with Crippen LogP contribution in [0.3, 0.4) is 0 Å². The van der Waals surface area contributed by atoms with Gasteiger partial charge in [-0.15, -0.1) is 0 Å². The van der Waals surface area contributed by atoms with Gasteiger partial charge in [0.15, 0.2) is 6.10 Å². The molecule has 0 spiro atoms. The summed E-state index contributed by atoms with van der Waals surface area (Å²) in [5.41, 5.74) is 0. The van der Waals surface area contributed by atoms with Crippen molar-refractivity contribution >= 4 is 5.97 Å². The maximum Gasteiger partial charge on any atom is 0.336 e. The van der Waals surface area contributed by atoms with Crippen LogP contribution in [0.15, 0.2) is 0 Å². The van der Waals surface area contributed by atoms with E-state index in [1.54, 1.807) is 0 Å². The van der Waals surface area contributed by atoms with Gasteiger partial charge in [-0.2, -0.15) is 0 Å². The lowest BCUT2D eigenvalue weighted by Crippen LogP contribution is -2.22. The molecule has 0 heterocycles. The van der Waals surface area contributed by atoms with E-state index in [0.29, 0.717) is 6.42 Å². The van der Waals surface area contributed by atoms with Crippen LogP contribution in [0.4, 0.5) is 0 Å². The van der Waals surface area contributed by atoms with Crippen molar-refractivity contribution in [1.29, 1.82) is 0 Å². The van der Waals surface area contributed by atoms with E-state index < -0.39 is 12.1 Å². The monoisotopic (exact) mass is 288 g/mol. The highest BCUT2D eigenvalue weighted by atomic mass is 17.1. The smallest absolute Gasteiger partial charge is 0.336 e. The number of hydrogen-bond donors (Lipinski definition) is 2. The first-order valence-electron chi connectivity index (χ1n) is 8.25. The molecular weight excluding hydrogens is 256 g/mol. The van der Waals surface area contributed by atoms with Crippen LogP contribution >= 0.6 is 0 Å². The molecule has 20 heavy (non-hydrogen) atoms. The summed E-state index contributed by atoms with van der Waals surface area (Å²) in [6.07, 6.45) is 14.3. The van der Waals surface area contributed by atoms with Crippen LogP contribution in [0.2, 0.25) is 0 Å². The molecule has 0 saturated carbocycles. The predicted molar refractivity (Wildman–Crippen MR) is 80.8 cm³/mol. The minimum Gasteiger partial charge on any atom is -0.479 e. The van der Waals surface area contributed by atoms with Crippen LogP contribution in [0.5, 0.6) is 0 Å². The van der Waals surface area contributed by atoms with Gasteiger partial charge in [0.25, 0.3) is 0 Å². The zero-order valence-electron chi connectivity index (χ0n) is 13.0. The molecule has 1 unspecified atom stereocenters. The fraction of sp³-hybridized carbons (Fsp3) is 0.938. The Balaban J connectivity index is 3.15. The van der Waals surface area contributed by atoms with Gasteiger partial charge in [-0.05, 0) is 6.42 Å². The Bertz CT molecular complexity index is 219. The van der Waals surface area contributed by atoms with Crippen molar-refractivity contribution < 1.29 is 20.0 Å². The molecule has 0 fully saturated rings. The summed E-state index contributed by atoms with van der Waals surface area (Å²) in [6, 6.07) is 0. The van der Waals surface area contributed by atoms with Crippen LogP contribution in [0.1, 0.15) is 90.4 Å². The Morgan fingerprint density at radius 2 is 1.25 bits per heavy atom. The lowest BCUT2D eigenvalue weighted by atomic mass is 10.0. The molecule has 4 heteroatoms. The number of unbranched alkanes of at least 4 members (excludes halogenated alkanes) is 11. The van der Waals surface area contributed by atoms with Gasteiger partial charge in [0.2, 0.25) is 0 Å². The zero-order chi connectivity index (χ0) is 15.1. The quantitative estimate of drug-likeness (QED) is 0.252. The lowest BCUT2D eigenvalue weighted by molar-refractivity contribution is -0.277. The van der Waals surface area contributed by atoms with Crippen LogP contribution in [-0.2, 0) is 9.68 Å². The standard InChI is InChI=1S/C16H32O4/c1-2-3-4-5-6-7-8-9-10-11-12-13-14-15(20-19)16(17)18/h15,19H,2-14H2,1H3,(H,17,18). The predicted octanol–water partition coefficient (Wildman–Crippen LogP) is 5.02. The molecule has 0 aliphatic carbocycles. The van der Waals surface area contributed by atoms with E-state index in [-0.39, 0.29) is 0 Å². The van der Waals surface area contributed by atoms with E-state index in [2.05, 4.69) is 11.8 Å². The summed E-state index contributed by atoms with van der Waals surface area (Å²) >= 11 is 0. The van der Waals surface area contributed by atoms with Crippen LogP contribution in [0.25, 0.3) is 0 Å². The van der Waals surface area contributed by atoms with Crippen molar-refractivity contribution in [2.45, 2.75) is 96.5 Å². The summed E-state index contributed by atoms with van der Waals surface area (Å²) in [4.78, 5) is 14.5. The SMILES string of the molecule is CCCCCCCCCCCCCCC(OO)C(=O)O. The Morgan fingerprint density at radius 1 is 0.850 bits per heavy atom. The molecule has 0 aliphatic rings. The average molecular weight is 288 g/mol. The Morgan fingerprint density at radius 3 is 1.60 bits per heavy atom. The number of rotatable bonds is 15. The van der Waals surface area contributed by atoms with Crippen molar-refractivity contribution in [2.75, 3.05) is 0 Å². The van der Waals surface area contributed by atoms with Gasteiger partial charge in [0.1, 0.15) is 0 Å². The zero-order valence-corrected chi connectivity index (χ0v) is 13.0. The number of hydrogen-bond acceptors (Lipinski definition) is 3. The van der Waals surface area contributed by atoms with Gasteiger partial charge in [-0.3, -0.25) is 5.26 Å². The Labute approximate surface area is 123 Å². The topological polar surface area (TPSA) is 66.8 Å². The number of aliphatic carboxylic acids is 1. The number of carboxylic acids is 1. The van der Waals surface area contributed by atoms with Gasteiger partial charge in [0.05, 0.1) is 0 Å². The second-order valence-electron chi connectivity index (χ2n) is 5.61.